The highest BCUT2D eigenvalue weighted by Gasteiger charge is 2.50. The van der Waals surface area contributed by atoms with Gasteiger partial charge < -0.3 is 10.7 Å². The first kappa shape index (κ1) is 17.1. The lowest BCUT2D eigenvalue weighted by Crippen LogP contribution is -2.62. The fraction of sp³-hybridized carbons (Fsp3) is 0.278. The second-order valence-electron chi connectivity index (χ2n) is 6.70. The molecule has 6 nitrogen and oxygen atoms in total. The van der Waals surface area contributed by atoms with Gasteiger partial charge in [-0.15, -0.1) is 0 Å². The fourth-order valence-corrected chi connectivity index (χ4v) is 5.89. The van der Waals surface area contributed by atoms with Crippen molar-refractivity contribution in [2.75, 3.05) is 13.1 Å². The molecule has 0 saturated carbocycles. The van der Waals surface area contributed by atoms with E-state index in [0.717, 1.165) is 18.0 Å². The van der Waals surface area contributed by atoms with Crippen molar-refractivity contribution in [3.05, 3.63) is 54.6 Å². The Labute approximate surface area is 151 Å². The van der Waals surface area contributed by atoms with E-state index >= 15 is 0 Å². The fourth-order valence-electron chi connectivity index (χ4n) is 3.82. The number of aromatic nitrogens is 2. The highest BCUT2D eigenvalue weighted by Crippen LogP contribution is 2.39. The number of benzene rings is 1. The van der Waals surface area contributed by atoms with E-state index < -0.39 is 15.8 Å². The molecule has 0 spiro atoms. The average Bonchev–Trinajstić information content (AvgIpc) is 3.06. The summed E-state index contributed by atoms with van der Waals surface area (Å²) in [5.74, 6) is -0.581. The second kappa shape index (κ2) is 6.15. The summed E-state index contributed by atoms with van der Waals surface area (Å²) in [7, 11) is -3.94. The summed E-state index contributed by atoms with van der Waals surface area (Å²) in [6.07, 6.45) is 4.74. The minimum absolute atomic E-state index is 0.0446. The Kier molecular flexibility index (Phi) is 4.06. The summed E-state index contributed by atoms with van der Waals surface area (Å²) in [4.78, 5) is 7.44. The molecule has 3 N–H and O–H groups in total. The summed E-state index contributed by atoms with van der Waals surface area (Å²) in [5.41, 5.74) is 8.09. The molecule has 1 aliphatic heterocycles. The number of halogens is 1. The van der Waals surface area contributed by atoms with Crippen molar-refractivity contribution in [1.29, 1.82) is 0 Å². The lowest BCUT2D eigenvalue weighted by molar-refractivity contribution is 0.314. The molecule has 1 saturated heterocycles. The predicted octanol–water partition coefficient (Wildman–Crippen LogP) is 2.52. The van der Waals surface area contributed by atoms with Crippen LogP contribution in [-0.4, -0.2) is 37.5 Å². The smallest absolute Gasteiger partial charge is 0.332 e. The molecule has 136 valence electrons. The lowest BCUT2D eigenvalue weighted by Gasteiger charge is -2.40. The summed E-state index contributed by atoms with van der Waals surface area (Å²) in [5, 5.41) is 0. The van der Waals surface area contributed by atoms with Gasteiger partial charge in [-0.3, -0.25) is 0 Å². The molecule has 2 atom stereocenters. The van der Waals surface area contributed by atoms with Gasteiger partial charge in [-0.2, -0.15) is 12.3 Å². The highest BCUT2D eigenvalue weighted by atomic mass is 32.2. The quantitative estimate of drug-likeness (QED) is 0.689. The largest absolute Gasteiger partial charge is 0.355 e. The van der Waals surface area contributed by atoms with Crippen LogP contribution in [0.15, 0.2) is 53.7 Å². The maximum Gasteiger partial charge on any atom is 0.332 e. The van der Waals surface area contributed by atoms with E-state index in [1.807, 2.05) is 6.07 Å². The summed E-state index contributed by atoms with van der Waals surface area (Å²) < 4.78 is 40.7. The van der Waals surface area contributed by atoms with Gasteiger partial charge in [0.25, 0.3) is 0 Å². The van der Waals surface area contributed by atoms with Gasteiger partial charge in [-0.05, 0) is 43.2 Å². The van der Waals surface area contributed by atoms with E-state index in [1.54, 1.807) is 18.5 Å². The van der Waals surface area contributed by atoms with Gasteiger partial charge in [0.05, 0.1) is 24.3 Å². The van der Waals surface area contributed by atoms with Crippen molar-refractivity contribution in [2.45, 2.75) is 23.8 Å². The zero-order valence-electron chi connectivity index (χ0n) is 14.1. The van der Waals surface area contributed by atoms with Crippen molar-refractivity contribution in [3.8, 4) is 0 Å². The first-order chi connectivity index (χ1) is 12.4. The molecule has 4 rings (SSSR count). The normalized spacial score (nSPS) is 24.0. The van der Waals surface area contributed by atoms with Crippen molar-refractivity contribution in [3.63, 3.8) is 0 Å². The molecule has 0 bridgehead atoms. The Bertz CT molecular complexity index is 1070. The molecule has 3 heterocycles. The third kappa shape index (κ3) is 2.53. The molecule has 1 aliphatic rings. The lowest BCUT2D eigenvalue weighted by atomic mass is 10.1. The zero-order valence-corrected chi connectivity index (χ0v) is 14.9. The third-order valence-electron chi connectivity index (χ3n) is 5.03. The van der Waals surface area contributed by atoms with Crippen LogP contribution in [0.3, 0.4) is 0 Å². The van der Waals surface area contributed by atoms with Crippen molar-refractivity contribution < 1.29 is 12.8 Å². The van der Waals surface area contributed by atoms with Gasteiger partial charge in [0.2, 0.25) is 0 Å². The van der Waals surface area contributed by atoms with Gasteiger partial charge >= 0.3 is 10.0 Å². The molecule has 2 aromatic heterocycles. The van der Waals surface area contributed by atoms with Gasteiger partial charge in [0.15, 0.2) is 5.69 Å². The molecule has 8 heteroatoms. The Morgan fingerprint density at radius 3 is 2.88 bits per heavy atom. The number of hydrogen-bond donors (Lipinski definition) is 2. The Morgan fingerprint density at radius 2 is 2.12 bits per heavy atom. The molecule has 0 aliphatic carbocycles. The predicted molar refractivity (Wildman–Crippen MR) is 98.4 cm³/mol. The molecule has 0 radical (unpaired) electrons. The number of sulfonamides is 1. The summed E-state index contributed by atoms with van der Waals surface area (Å²) >= 11 is 0. The average molecular weight is 375 g/mol. The van der Waals surface area contributed by atoms with Crippen LogP contribution >= 0.6 is 0 Å². The number of aromatic amines is 1. The van der Waals surface area contributed by atoms with E-state index in [9.17, 15) is 12.8 Å². The van der Waals surface area contributed by atoms with E-state index in [-0.39, 0.29) is 21.4 Å². The number of quaternary nitrogens is 1. The molecular weight excluding hydrogens is 355 g/mol. The van der Waals surface area contributed by atoms with Gasteiger partial charge in [-0.25, -0.2) is 9.37 Å². The van der Waals surface area contributed by atoms with Crippen LogP contribution < -0.4 is 9.62 Å². The number of nitrogens with zero attached hydrogens (tertiary/aromatic N) is 2. The summed E-state index contributed by atoms with van der Waals surface area (Å²) in [6, 6.07) is 8.52. The number of pyridine rings is 1. The number of fused-ring (bicyclic) bond motifs is 1. The topological polar surface area (TPSA) is 88.8 Å². The number of H-pyrrole nitrogens is 1. The first-order valence-electron chi connectivity index (χ1n) is 8.50. The van der Waals surface area contributed by atoms with E-state index in [1.165, 1.54) is 18.2 Å². The van der Waals surface area contributed by atoms with Crippen molar-refractivity contribution >= 4 is 26.7 Å². The molecule has 1 fully saturated rings. The minimum Gasteiger partial charge on any atom is -0.355 e. The number of hydrogen-bond acceptors (Lipinski definition) is 4. The third-order valence-corrected chi connectivity index (χ3v) is 7.33. The number of nitrogens with one attached hydrogen (secondary N) is 1. The van der Waals surface area contributed by atoms with Crippen LogP contribution in [-0.2, 0) is 10.0 Å². The summed E-state index contributed by atoms with van der Waals surface area (Å²) in [6.45, 7) is 0.596. The maximum absolute atomic E-state index is 13.7. The Morgan fingerprint density at radius 1 is 1.27 bits per heavy atom. The molecule has 26 heavy (non-hydrogen) atoms. The maximum atomic E-state index is 13.7. The standard InChI is InChI=1S/C18H20FN4O2S/c19-13-4-1-6-15(10-13)26(24,25)23(9-3-5-14(20)12-23)17-11-22-16-7-2-8-21-18(16)17/h1-2,4,6-8,10-11,14,22H,3,5,9,12,20H2/q+1. The second-order valence-corrected chi connectivity index (χ2v) is 8.82. The van der Waals surface area contributed by atoms with Crippen LogP contribution in [0.2, 0.25) is 0 Å². The van der Waals surface area contributed by atoms with Crippen LogP contribution in [0.25, 0.3) is 11.0 Å². The van der Waals surface area contributed by atoms with Crippen LogP contribution in [0.1, 0.15) is 12.8 Å². The van der Waals surface area contributed by atoms with Crippen molar-refractivity contribution in [1.82, 2.24) is 13.9 Å². The Hall–Kier alpha value is -2.29. The zero-order chi connectivity index (χ0) is 18.4. The number of rotatable bonds is 3. The van der Waals surface area contributed by atoms with Crippen LogP contribution in [0, 0.1) is 5.82 Å². The molecular formula is C18H20FN4O2S+. The van der Waals surface area contributed by atoms with Gasteiger partial charge in [0.1, 0.15) is 22.8 Å². The molecule has 0 amide bonds. The SMILES string of the molecule is NC1CCC[N+](c2c[nH]c3cccnc23)(S(=O)(=O)c2cccc(F)c2)C1. The van der Waals surface area contributed by atoms with E-state index in [2.05, 4.69) is 9.97 Å². The molecule has 2 unspecified atom stereocenters. The highest BCUT2D eigenvalue weighted by molar-refractivity contribution is 7.91. The van der Waals surface area contributed by atoms with Crippen LogP contribution in [0.5, 0.6) is 0 Å². The van der Waals surface area contributed by atoms with Crippen molar-refractivity contribution in [2.24, 2.45) is 5.73 Å². The van der Waals surface area contributed by atoms with Gasteiger partial charge in [0, 0.05) is 6.20 Å². The number of nitrogens with two attached hydrogens (primary N) is 1. The Balaban J connectivity index is 1.98. The monoisotopic (exact) mass is 375 g/mol. The van der Waals surface area contributed by atoms with E-state index in [0.29, 0.717) is 24.2 Å². The molecule has 1 aromatic carbocycles. The van der Waals surface area contributed by atoms with E-state index in [4.69, 9.17) is 5.73 Å². The molecule has 3 aromatic rings. The number of piperidine rings is 1. The van der Waals surface area contributed by atoms with Crippen LogP contribution in [0.4, 0.5) is 10.1 Å². The minimum atomic E-state index is -3.94. The van der Waals surface area contributed by atoms with Gasteiger partial charge in [-0.1, -0.05) is 6.07 Å². The first-order valence-corrected chi connectivity index (χ1v) is 9.94.